The van der Waals surface area contributed by atoms with E-state index in [-0.39, 0.29) is 24.5 Å². The first-order valence-corrected chi connectivity index (χ1v) is 12.9. The van der Waals surface area contributed by atoms with Gasteiger partial charge in [-0.05, 0) is 47.0 Å². The number of halogens is 5. The summed E-state index contributed by atoms with van der Waals surface area (Å²) in [6, 6.07) is 15.8. The molecule has 2 heterocycles. The standard InChI is InChI=1S/C30H26F5N5O/c31-23-11-7-21(8-12-23)17-39-28(26-4-1-2-5-27(26)30(33,34)35)6-3-15-38(20-29(39)41)19-25-16-36-37-40(25)18-22-9-13-24(32)14-10-22/h1-14,16,28H,15,17-20H2/b6-3-. The number of carbonyl (C=O) groups is 1. The Morgan fingerprint density at radius 1 is 0.829 bits per heavy atom. The van der Waals surface area contributed by atoms with Gasteiger partial charge in [-0.25, -0.2) is 13.5 Å². The smallest absolute Gasteiger partial charge is 0.327 e. The molecule has 1 aromatic heterocycles. The Balaban J connectivity index is 1.43. The predicted molar refractivity (Wildman–Crippen MR) is 141 cm³/mol. The molecule has 1 aliphatic heterocycles. The number of benzene rings is 3. The SMILES string of the molecule is O=C1CN(Cc2cnnn2Cc2ccc(F)cc2)C/C=C\C(c2ccccc2C(F)(F)F)N1Cc1ccc(F)cc1. The summed E-state index contributed by atoms with van der Waals surface area (Å²) in [4.78, 5) is 17.0. The van der Waals surface area contributed by atoms with E-state index in [1.54, 1.807) is 35.2 Å². The highest BCUT2D eigenvalue weighted by atomic mass is 19.4. The molecule has 0 bridgehead atoms. The third-order valence-electron chi connectivity index (χ3n) is 6.88. The average Bonchev–Trinajstić information content (AvgIpc) is 3.37. The number of carbonyl (C=O) groups excluding carboxylic acids is 1. The van der Waals surface area contributed by atoms with Crippen molar-refractivity contribution in [2.45, 2.75) is 31.9 Å². The van der Waals surface area contributed by atoms with E-state index in [4.69, 9.17) is 0 Å². The Hall–Kier alpha value is -4.38. The van der Waals surface area contributed by atoms with Crippen LogP contribution >= 0.6 is 0 Å². The van der Waals surface area contributed by atoms with E-state index < -0.39 is 29.5 Å². The van der Waals surface area contributed by atoms with Crippen molar-refractivity contribution in [3.05, 3.63) is 131 Å². The second kappa shape index (κ2) is 12.0. The van der Waals surface area contributed by atoms with Crippen LogP contribution in [0.25, 0.3) is 0 Å². The molecule has 0 saturated carbocycles. The molecule has 41 heavy (non-hydrogen) atoms. The van der Waals surface area contributed by atoms with Gasteiger partial charge in [0.25, 0.3) is 0 Å². The number of alkyl halides is 3. The van der Waals surface area contributed by atoms with Crippen LogP contribution in [0.1, 0.15) is 34.0 Å². The molecule has 1 unspecified atom stereocenters. The first-order chi connectivity index (χ1) is 19.7. The molecule has 212 valence electrons. The summed E-state index contributed by atoms with van der Waals surface area (Å²) in [6.45, 7) is 0.831. The van der Waals surface area contributed by atoms with Crippen LogP contribution < -0.4 is 0 Å². The van der Waals surface area contributed by atoms with E-state index in [9.17, 15) is 26.7 Å². The zero-order valence-corrected chi connectivity index (χ0v) is 21.8. The van der Waals surface area contributed by atoms with Crippen LogP contribution in [0.4, 0.5) is 22.0 Å². The van der Waals surface area contributed by atoms with E-state index in [0.29, 0.717) is 30.9 Å². The zero-order chi connectivity index (χ0) is 29.0. The van der Waals surface area contributed by atoms with Gasteiger partial charge < -0.3 is 4.90 Å². The van der Waals surface area contributed by atoms with Crippen LogP contribution in [0, 0.1) is 11.6 Å². The molecule has 1 atom stereocenters. The minimum Gasteiger partial charge on any atom is -0.327 e. The highest BCUT2D eigenvalue weighted by molar-refractivity contribution is 5.79. The second-order valence-electron chi connectivity index (χ2n) is 9.79. The van der Waals surface area contributed by atoms with Crippen molar-refractivity contribution in [1.29, 1.82) is 0 Å². The number of hydrogen-bond acceptors (Lipinski definition) is 4. The van der Waals surface area contributed by atoms with Crippen LogP contribution in [0.3, 0.4) is 0 Å². The Bertz CT molecular complexity index is 1520. The maximum atomic E-state index is 14.0. The quantitative estimate of drug-likeness (QED) is 0.210. The second-order valence-corrected chi connectivity index (χ2v) is 9.79. The molecule has 4 aromatic rings. The van der Waals surface area contributed by atoms with Crippen molar-refractivity contribution >= 4 is 5.91 Å². The van der Waals surface area contributed by atoms with Crippen molar-refractivity contribution < 1.29 is 26.7 Å². The first-order valence-electron chi connectivity index (χ1n) is 12.9. The lowest BCUT2D eigenvalue weighted by Gasteiger charge is -2.35. The Kier molecular flexibility index (Phi) is 8.25. The molecule has 0 aliphatic carbocycles. The Labute approximate surface area is 233 Å². The van der Waals surface area contributed by atoms with Crippen LogP contribution in [0.15, 0.2) is 91.1 Å². The van der Waals surface area contributed by atoms with Crippen molar-refractivity contribution in [3.8, 4) is 0 Å². The van der Waals surface area contributed by atoms with E-state index in [1.165, 1.54) is 59.5 Å². The molecule has 0 N–H and O–H groups in total. The summed E-state index contributed by atoms with van der Waals surface area (Å²) >= 11 is 0. The molecule has 11 heteroatoms. The normalized spacial score (nSPS) is 17.3. The van der Waals surface area contributed by atoms with Gasteiger partial charge in [-0.3, -0.25) is 9.69 Å². The number of aromatic nitrogens is 3. The third-order valence-corrected chi connectivity index (χ3v) is 6.88. The summed E-state index contributed by atoms with van der Waals surface area (Å²) in [5.41, 5.74) is 1.25. The lowest BCUT2D eigenvalue weighted by Crippen LogP contribution is -2.43. The zero-order valence-electron chi connectivity index (χ0n) is 21.8. The van der Waals surface area contributed by atoms with Crippen molar-refractivity contribution in [1.82, 2.24) is 24.8 Å². The minimum atomic E-state index is -4.61. The van der Waals surface area contributed by atoms with Crippen molar-refractivity contribution in [3.63, 3.8) is 0 Å². The third kappa shape index (κ3) is 6.86. The number of amides is 1. The van der Waals surface area contributed by atoms with Crippen LogP contribution in [0.5, 0.6) is 0 Å². The van der Waals surface area contributed by atoms with Gasteiger partial charge >= 0.3 is 6.18 Å². The molecule has 1 aliphatic rings. The van der Waals surface area contributed by atoms with Gasteiger partial charge in [0.05, 0.1) is 36.6 Å². The molecule has 6 nitrogen and oxygen atoms in total. The highest BCUT2D eigenvalue weighted by Gasteiger charge is 2.37. The monoisotopic (exact) mass is 567 g/mol. The fourth-order valence-electron chi connectivity index (χ4n) is 4.85. The topological polar surface area (TPSA) is 54.3 Å². The Morgan fingerprint density at radius 2 is 1.46 bits per heavy atom. The van der Waals surface area contributed by atoms with Crippen molar-refractivity contribution in [2.24, 2.45) is 0 Å². The van der Waals surface area contributed by atoms with E-state index in [1.807, 2.05) is 4.90 Å². The summed E-state index contributed by atoms with van der Waals surface area (Å²) in [5.74, 6) is -1.19. The number of nitrogens with zero attached hydrogens (tertiary/aromatic N) is 5. The summed E-state index contributed by atoms with van der Waals surface area (Å²) in [7, 11) is 0. The molecule has 0 fully saturated rings. The molecule has 0 spiro atoms. The fraction of sp³-hybridized carbons (Fsp3) is 0.233. The maximum absolute atomic E-state index is 14.0. The summed E-state index contributed by atoms with van der Waals surface area (Å²) in [5, 5.41) is 8.10. The van der Waals surface area contributed by atoms with Crippen molar-refractivity contribution in [2.75, 3.05) is 13.1 Å². The van der Waals surface area contributed by atoms with E-state index in [0.717, 1.165) is 11.6 Å². The number of hydrogen-bond donors (Lipinski definition) is 0. The van der Waals surface area contributed by atoms with E-state index >= 15 is 0 Å². The molecule has 0 radical (unpaired) electrons. The highest BCUT2D eigenvalue weighted by Crippen LogP contribution is 2.38. The van der Waals surface area contributed by atoms with Crippen LogP contribution in [-0.4, -0.2) is 43.8 Å². The number of rotatable bonds is 7. The fourth-order valence-corrected chi connectivity index (χ4v) is 4.85. The van der Waals surface area contributed by atoms with Gasteiger partial charge in [0.15, 0.2) is 0 Å². The molecule has 1 amide bonds. The Morgan fingerprint density at radius 3 is 2.12 bits per heavy atom. The van der Waals surface area contributed by atoms with Crippen LogP contribution in [-0.2, 0) is 30.6 Å². The first kappa shape index (κ1) is 28.2. The van der Waals surface area contributed by atoms with Gasteiger partial charge in [-0.15, -0.1) is 5.10 Å². The summed E-state index contributed by atoms with van der Waals surface area (Å²) < 4.78 is 70.4. The minimum absolute atomic E-state index is 0.0157. The largest absolute Gasteiger partial charge is 0.416 e. The maximum Gasteiger partial charge on any atom is 0.416 e. The lowest BCUT2D eigenvalue weighted by molar-refractivity contribution is -0.141. The van der Waals surface area contributed by atoms with Gasteiger partial charge in [0.1, 0.15) is 11.6 Å². The molecular weight excluding hydrogens is 541 g/mol. The van der Waals surface area contributed by atoms with Gasteiger partial charge in [-0.1, -0.05) is 59.8 Å². The average molecular weight is 568 g/mol. The molecule has 0 saturated heterocycles. The molecular formula is C30H26F5N5O. The summed E-state index contributed by atoms with van der Waals surface area (Å²) in [6.07, 6.45) is 0.316. The van der Waals surface area contributed by atoms with Gasteiger partial charge in [0, 0.05) is 19.6 Å². The lowest BCUT2D eigenvalue weighted by atomic mass is 9.96. The van der Waals surface area contributed by atoms with Gasteiger partial charge in [0.2, 0.25) is 5.91 Å². The van der Waals surface area contributed by atoms with Gasteiger partial charge in [-0.2, -0.15) is 13.2 Å². The van der Waals surface area contributed by atoms with E-state index in [2.05, 4.69) is 10.3 Å². The predicted octanol–water partition coefficient (Wildman–Crippen LogP) is 5.77. The molecule has 5 rings (SSSR count). The van der Waals surface area contributed by atoms with Crippen LogP contribution in [0.2, 0.25) is 0 Å². The molecule has 3 aromatic carbocycles.